The van der Waals surface area contributed by atoms with Crippen molar-refractivity contribution in [3.8, 4) is 0 Å². The predicted molar refractivity (Wildman–Crippen MR) is 254 cm³/mol. The van der Waals surface area contributed by atoms with Gasteiger partial charge in [0.15, 0.2) is 0 Å². The summed E-state index contributed by atoms with van der Waals surface area (Å²) in [6, 6.07) is 10.5. The predicted octanol–water partition coefficient (Wildman–Crippen LogP) is 6.98. The lowest BCUT2D eigenvalue weighted by Gasteiger charge is -2.38. The molecule has 0 spiro atoms. The number of hydrogen-bond acceptors (Lipinski definition) is 7. The molecule has 0 aliphatic carbocycles. The van der Waals surface area contributed by atoms with Gasteiger partial charge in [-0.3, -0.25) is 28.8 Å². The Hall–Kier alpha value is -4.72. The summed E-state index contributed by atoms with van der Waals surface area (Å²) in [6.45, 7) is 19.3. The highest BCUT2D eigenvalue weighted by atomic mass is 19.1. The Bertz CT molecular complexity index is 1810. The number of nitrogens with zero attached hydrogens (tertiary/aromatic N) is 4. The molecular weight excluding hydrogens is 843 g/mol. The lowest BCUT2D eigenvalue weighted by atomic mass is 9.76. The van der Waals surface area contributed by atoms with Crippen molar-refractivity contribution in [1.29, 1.82) is 0 Å². The van der Waals surface area contributed by atoms with Crippen molar-refractivity contribution < 1.29 is 37.5 Å². The topological polar surface area (TPSA) is 139 Å². The third kappa shape index (κ3) is 15.4. The van der Waals surface area contributed by atoms with Crippen LogP contribution >= 0.6 is 0 Å². The number of carbonyl (C=O) groups is 6. The average molecular weight is 921 g/mol. The van der Waals surface area contributed by atoms with Gasteiger partial charge in [0, 0.05) is 82.5 Å². The molecule has 66 heavy (non-hydrogen) atoms. The second-order valence-corrected chi connectivity index (χ2v) is 20.8. The summed E-state index contributed by atoms with van der Waals surface area (Å²) < 4.78 is 27.7. The minimum absolute atomic E-state index is 0.0408. The van der Waals surface area contributed by atoms with Gasteiger partial charge in [-0.1, -0.05) is 79.7 Å². The highest BCUT2D eigenvalue weighted by molar-refractivity contribution is 5.91. The zero-order valence-electron chi connectivity index (χ0n) is 41.4. The van der Waals surface area contributed by atoms with E-state index in [0.29, 0.717) is 45.2 Å². The van der Waals surface area contributed by atoms with E-state index < -0.39 is 28.8 Å². The standard InChI is InChI=1S/C52H78F2N6O6/c1-11-35(2)48(64)56-47(52(7,8)9)50(66)60-29-13-15-42(60)34-58(31-27-38-18-22-40(54)23-19-38)46(63)25-24-45(62)57(30-26-37-16-20-39(53)21-17-37)33-41-14-12-28-59(41)49(65)43(51(4,5)6)32-44(61)36(3)55-10/h16-23,35-36,41-43,47,55H,11-15,24-34H2,1-10H3,(H,56,64)/t35-,36+,41+,42+,43-,47-/m1/s1. The van der Waals surface area contributed by atoms with Crippen molar-refractivity contribution in [1.82, 2.24) is 30.2 Å². The zero-order chi connectivity index (χ0) is 48.9. The van der Waals surface area contributed by atoms with E-state index in [1.54, 1.807) is 52.9 Å². The first-order valence-corrected chi connectivity index (χ1v) is 24.2. The number of carbonyl (C=O) groups excluding carboxylic acids is 6. The van der Waals surface area contributed by atoms with Crippen LogP contribution in [-0.2, 0) is 41.6 Å². The van der Waals surface area contributed by atoms with Gasteiger partial charge in [-0.25, -0.2) is 8.78 Å². The second-order valence-electron chi connectivity index (χ2n) is 20.8. The molecule has 6 atom stereocenters. The molecule has 2 aromatic carbocycles. The molecule has 2 heterocycles. The molecule has 0 aromatic heterocycles. The Morgan fingerprint density at radius 2 is 1.14 bits per heavy atom. The summed E-state index contributed by atoms with van der Waals surface area (Å²) in [5.74, 6) is -2.57. The molecule has 2 aliphatic rings. The third-order valence-electron chi connectivity index (χ3n) is 13.7. The molecule has 0 radical (unpaired) electrons. The first-order chi connectivity index (χ1) is 31.0. The monoisotopic (exact) mass is 921 g/mol. The number of benzene rings is 2. The number of likely N-dealkylation sites (N-methyl/N-ethyl adjacent to an activating group) is 1. The maximum absolute atomic E-state index is 14.4. The number of hydrogen-bond donors (Lipinski definition) is 2. The van der Waals surface area contributed by atoms with Gasteiger partial charge < -0.3 is 30.2 Å². The van der Waals surface area contributed by atoms with Crippen LogP contribution < -0.4 is 10.6 Å². The molecule has 2 aliphatic heterocycles. The van der Waals surface area contributed by atoms with Gasteiger partial charge in [0.05, 0.1) is 6.04 Å². The minimum atomic E-state index is -0.767. The lowest BCUT2D eigenvalue weighted by Crippen LogP contribution is -2.57. The van der Waals surface area contributed by atoms with E-state index in [4.69, 9.17) is 0 Å². The van der Waals surface area contributed by atoms with Crippen molar-refractivity contribution in [2.45, 2.75) is 151 Å². The van der Waals surface area contributed by atoms with Crippen LogP contribution in [0.1, 0.15) is 125 Å². The maximum atomic E-state index is 14.4. The van der Waals surface area contributed by atoms with Gasteiger partial charge >= 0.3 is 0 Å². The van der Waals surface area contributed by atoms with Crippen LogP contribution in [-0.4, -0.2) is 125 Å². The van der Waals surface area contributed by atoms with E-state index >= 15 is 0 Å². The number of amides is 5. The van der Waals surface area contributed by atoms with Crippen molar-refractivity contribution >= 4 is 35.3 Å². The zero-order valence-corrected chi connectivity index (χ0v) is 41.4. The van der Waals surface area contributed by atoms with Gasteiger partial charge in [-0.05, 0) is 105 Å². The third-order valence-corrected chi connectivity index (χ3v) is 13.7. The summed E-state index contributed by atoms with van der Waals surface area (Å²) >= 11 is 0. The molecular formula is C52H78F2N6O6. The number of likely N-dealkylation sites (tertiary alicyclic amines) is 2. The van der Waals surface area contributed by atoms with E-state index in [-0.39, 0.29) is 110 Å². The van der Waals surface area contributed by atoms with Crippen LogP contribution in [0.5, 0.6) is 0 Å². The molecule has 2 saturated heterocycles. The molecule has 2 fully saturated rings. The van der Waals surface area contributed by atoms with Crippen LogP contribution in [0.2, 0.25) is 0 Å². The number of nitrogens with one attached hydrogen (secondary N) is 2. The molecule has 14 heteroatoms. The molecule has 366 valence electrons. The van der Waals surface area contributed by atoms with Crippen LogP contribution in [0.3, 0.4) is 0 Å². The van der Waals surface area contributed by atoms with Gasteiger partial charge in [-0.2, -0.15) is 0 Å². The second kappa shape index (κ2) is 24.3. The fraction of sp³-hybridized carbons (Fsp3) is 0.654. The fourth-order valence-corrected chi connectivity index (χ4v) is 8.92. The lowest BCUT2D eigenvalue weighted by molar-refractivity contribution is -0.144. The summed E-state index contributed by atoms with van der Waals surface area (Å²) in [7, 11) is 1.72. The molecule has 4 rings (SSSR count). The van der Waals surface area contributed by atoms with Crippen LogP contribution in [0, 0.1) is 34.3 Å². The minimum Gasteiger partial charge on any atom is -0.344 e. The van der Waals surface area contributed by atoms with Crippen molar-refractivity contribution in [3.63, 3.8) is 0 Å². The van der Waals surface area contributed by atoms with Gasteiger partial charge in [0.25, 0.3) is 0 Å². The van der Waals surface area contributed by atoms with Crippen molar-refractivity contribution in [2.75, 3.05) is 46.3 Å². The quantitative estimate of drug-likeness (QED) is 0.130. The van der Waals surface area contributed by atoms with E-state index in [0.717, 1.165) is 24.0 Å². The van der Waals surface area contributed by atoms with Crippen LogP contribution in [0.25, 0.3) is 0 Å². The van der Waals surface area contributed by atoms with Gasteiger partial charge in [0.1, 0.15) is 23.5 Å². The molecule has 2 aromatic rings. The molecule has 2 N–H and O–H groups in total. The van der Waals surface area contributed by atoms with Crippen LogP contribution in [0.15, 0.2) is 48.5 Å². The molecule has 12 nitrogen and oxygen atoms in total. The normalized spacial score (nSPS) is 18.4. The Labute approximate surface area is 393 Å². The first-order valence-electron chi connectivity index (χ1n) is 24.2. The first kappa shape index (κ1) is 53.9. The number of rotatable bonds is 22. The van der Waals surface area contributed by atoms with E-state index in [1.807, 2.05) is 60.3 Å². The van der Waals surface area contributed by atoms with E-state index in [9.17, 15) is 37.5 Å². The average Bonchev–Trinajstić information content (AvgIpc) is 3.95. The van der Waals surface area contributed by atoms with E-state index in [1.165, 1.54) is 24.3 Å². The van der Waals surface area contributed by atoms with E-state index in [2.05, 4.69) is 10.6 Å². The largest absolute Gasteiger partial charge is 0.344 e. The highest BCUT2D eigenvalue weighted by Gasteiger charge is 2.42. The summed E-state index contributed by atoms with van der Waals surface area (Å²) in [5.41, 5.74) is 0.609. The number of Topliss-reactive ketones (excluding diaryl/α,β-unsaturated/α-hetero) is 1. The summed E-state index contributed by atoms with van der Waals surface area (Å²) in [6.07, 6.45) is 4.22. The Balaban J connectivity index is 1.56. The SMILES string of the molecule is CC[C@@H](C)C(=O)N[C@H](C(=O)N1CCC[C@H]1CN(CCc1ccc(F)cc1)C(=O)CCC(=O)N(CCc1ccc(F)cc1)C[C@@H]1CCCN1C(=O)[C@@H](CC(=O)[C@H](C)NC)C(C)(C)C)C(C)(C)C. The molecule has 0 saturated carbocycles. The smallest absolute Gasteiger partial charge is 0.246 e. The van der Waals surface area contributed by atoms with Gasteiger partial charge in [0.2, 0.25) is 29.5 Å². The molecule has 0 unspecified atom stereocenters. The maximum Gasteiger partial charge on any atom is 0.246 e. The summed E-state index contributed by atoms with van der Waals surface area (Å²) in [5, 5.41) is 6.01. The molecule has 0 bridgehead atoms. The molecule has 5 amide bonds. The highest BCUT2D eigenvalue weighted by Crippen LogP contribution is 2.34. The number of halogens is 2. The van der Waals surface area contributed by atoms with Crippen LogP contribution in [0.4, 0.5) is 8.78 Å². The van der Waals surface area contributed by atoms with Crippen molar-refractivity contribution in [3.05, 3.63) is 71.3 Å². The number of ketones is 1. The fourth-order valence-electron chi connectivity index (χ4n) is 8.92. The summed E-state index contributed by atoms with van der Waals surface area (Å²) in [4.78, 5) is 90.7. The van der Waals surface area contributed by atoms with Gasteiger partial charge in [-0.15, -0.1) is 0 Å². The Morgan fingerprint density at radius 3 is 1.53 bits per heavy atom. The van der Waals surface area contributed by atoms with Crippen molar-refractivity contribution in [2.24, 2.45) is 22.7 Å². The Morgan fingerprint density at radius 1 is 0.697 bits per heavy atom. The Kier molecular flexibility index (Phi) is 19.9.